The monoisotopic (exact) mass is 482 g/mol. The Morgan fingerprint density at radius 1 is 1.18 bits per heavy atom. The first kappa shape index (κ1) is 22.1. The molecule has 0 radical (unpaired) electrons. The minimum Gasteiger partial charge on any atom is -0.374 e. The van der Waals surface area contributed by atoms with Crippen molar-refractivity contribution in [2.45, 2.75) is 38.1 Å². The number of halogens is 5. The summed E-state index contributed by atoms with van der Waals surface area (Å²) in [6, 6.07) is 5.64. The number of ether oxygens (including phenoxy) is 1. The van der Waals surface area contributed by atoms with E-state index in [1.807, 2.05) is 0 Å². The Bertz CT molecular complexity index is 1290. The molecule has 11 heteroatoms. The highest BCUT2D eigenvalue weighted by molar-refractivity contribution is 6.30. The number of pyridine rings is 1. The number of nitrogens with zero attached hydrogens (tertiary/aromatic N) is 4. The maximum atomic E-state index is 14.9. The third-order valence-corrected chi connectivity index (χ3v) is 6.13. The molecule has 2 aliphatic rings. The fourth-order valence-electron chi connectivity index (χ4n) is 4.41. The minimum absolute atomic E-state index is 0.0553. The SMILES string of the molecule is O=c1c2cc(N3CCOC(CC(F)(F)F)C3)nc(-c3ccc(Cl)cc3F)c2nc2n1CCC2. The van der Waals surface area contributed by atoms with Crippen LogP contribution in [0.5, 0.6) is 0 Å². The van der Waals surface area contributed by atoms with Crippen molar-refractivity contribution in [1.29, 1.82) is 0 Å². The zero-order chi connectivity index (χ0) is 23.3. The Kier molecular flexibility index (Phi) is 5.52. The Morgan fingerprint density at radius 3 is 2.76 bits per heavy atom. The molecule has 0 amide bonds. The Labute approximate surface area is 190 Å². The van der Waals surface area contributed by atoms with Gasteiger partial charge in [-0.3, -0.25) is 9.36 Å². The number of anilines is 1. The van der Waals surface area contributed by atoms with Gasteiger partial charge in [0.2, 0.25) is 0 Å². The number of hydrogen-bond acceptors (Lipinski definition) is 5. The van der Waals surface area contributed by atoms with E-state index >= 15 is 0 Å². The molecule has 1 unspecified atom stereocenters. The van der Waals surface area contributed by atoms with Crippen molar-refractivity contribution in [1.82, 2.24) is 14.5 Å². The van der Waals surface area contributed by atoms with Crippen LogP contribution >= 0.6 is 11.6 Å². The van der Waals surface area contributed by atoms with E-state index in [0.29, 0.717) is 18.8 Å². The van der Waals surface area contributed by atoms with Crippen molar-refractivity contribution in [3.8, 4) is 11.3 Å². The molecule has 0 saturated carbocycles. The van der Waals surface area contributed by atoms with Gasteiger partial charge in [0.05, 0.1) is 24.5 Å². The molecule has 1 aromatic carbocycles. The van der Waals surface area contributed by atoms with E-state index < -0.39 is 24.5 Å². The molecule has 174 valence electrons. The number of aryl methyl sites for hydroxylation is 1. The number of hydrogen-bond donors (Lipinski definition) is 0. The lowest BCUT2D eigenvalue weighted by Gasteiger charge is -2.34. The number of alkyl halides is 3. The Hall–Kier alpha value is -2.72. The highest BCUT2D eigenvalue weighted by Crippen LogP contribution is 2.33. The predicted octanol–water partition coefficient (Wildman–Crippen LogP) is 4.35. The number of rotatable bonds is 3. The van der Waals surface area contributed by atoms with Gasteiger partial charge in [0.25, 0.3) is 5.56 Å². The third kappa shape index (κ3) is 4.29. The molecule has 2 aliphatic heterocycles. The molecule has 1 saturated heterocycles. The highest BCUT2D eigenvalue weighted by atomic mass is 35.5. The largest absolute Gasteiger partial charge is 0.391 e. The van der Waals surface area contributed by atoms with Gasteiger partial charge in [0.15, 0.2) is 0 Å². The molecule has 0 aliphatic carbocycles. The summed E-state index contributed by atoms with van der Waals surface area (Å²) in [5.41, 5.74) is 0.259. The van der Waals surface area contributed by atoms with E-state index in [1.54, 1.807) is 9.47 Å². The van der Waals surface area contributed by atoms with Crippen LogP contribution in [0.15, 0.2) is 29.1 Å². The molecule has 0 bridgehead atoms. The molecule has 5 rings (SSSR count). The molecular formula is C22H19ClF4N4O2. The highest BCUT2D eigenvalue weighted by Gasteiger charge is 2.35. The van der Waals surface area contributed by atoms with E-state index in [2.05, 4.69) is 9.97 Å². The van der Waals surface area contributed by atoms with Crippen molar-refractivity contribution in [2.75, 3.05) is 24.6 Å². The lowest BCUT2D eigenvalue weighted by Crippen LogP contribution is -2.44. The summed E-state index contributed by atoms with van der Waals surface area (Å²) in [5, 5.41) is 0.447. The maximum absolute atomic E-state index is 14.9. The topological polar surface area (TPSA) is 60.3 Å². The average molecular weight is 483 g/mol. The van der Waals surface area contributed by atoms with Crippen LogP contribution in [0.1, 0.15) is 18.7 Å². The van der Waals surface area contributed by atoms with Gasteiger partial charge in [-0.25, -0.2) is 14.4 Å². The summed E-state index contributed by atoms with van der Waals surface area (Å²) >= 11 is 5.90. The van der Waals surface area contributed by atoms with E-state index in [0.717, 1.165) is 12.5 Å². The average Bonchev–Trinajstić information content (AvgIpc) is 3.22. The molecule has 2 aromatic heterocycles. The summed E-state index contributed by atoms with van der Waals surface area (Å²) in [4.78, 5) is 24.0. The van der Waals surface area contributed by atoms with E-state index in [9.17, 15) is 22.4 Å². The second-order valence-corrected chi connectivity index (χ2v) is 8.63. The van der Waals surface area contributed by atoms with Gasteiger partial charge in [-0.05, 0) is 30.7 Å². The summed E-state index contributed by atoms with van der Waals surface area (Å²) < 4.78 is 60.4. The second kappa shape index (κ2) is 8.25. The molecule has 33 heavy (non-hydrogen) atoms. The minimum atomic E-state index is -4.37. The maximum Gasteiger partial charge on any atom is 0.391 e. The van der Waals surface area contributed by atoms with Crippen molar-refractivity contribution in [2.24, 2.45) is 0 Å². The second-order valence-electron chi connectivity index (χ2n) is 8.20. The first-order valence-electron chi connectivity index (χ1n) is 10.5. The molecule has 3 aromatic rings. The summed E-state index contributed by atoms with van der Waals surface area (Å²) in [6.45, 7) is 0.840. The zero-order valence-electron chi connectivity index (χ0n) is 17.3. The fourth-order valence-corrected chi connectivity index (χ4v) is 4.57. The number of morpholine rings is 1. The standard InChI is InChI=1S/C22H19ClF4N4O2/c23-12-3-4-14(16(24)8-12)19-20-15(21(32)31-5-1-2-17(31)28-20)9-18(29-19)30-6-7-33-13(11-30)10-22(25,26)27/h3-4,8-9,13H,1-2,5-7,10-11H2. The summed E-state index contributed by atoms with van der Waals surface area (Å²) in [5.74, 6) is 0.252. The van der Waals surface area contributed by atoms with E-state index in [-0.39, 0.29) is 58.3 Å². The quantitative estimate of drug-likeness (QED) is 0.519. The smallest absolute Gasteiger partial charge is 0.374 e. The molecule has 0 spiro atoms. The van der Waals surface area contributed by atoms with Crippen LogP contribution in [-0.2, 0) is 17.7 Å². The van der Waals surface area contributed by atoms with Crippen LogP contribution in [0.25, 0.3) is 22.2 Å². The molecule has 4 heterocycles. The van der Waals surface area contributed by atoms with Crippen molar-refractivity contribution < 1.29 is 22.3 Å². The number of fused-ring (bicyclic) bond motifs is 2. The Balaban J connectivity index is 1.67. The van der Waals surface area contributed by atoms with Gasteiger partial charge in [0.1, 0.15) is 28.7 Å². The normalized spacial score (nSPS) is 18.7. The lowest BCUT2D eigenvalue weighted by atomic mass is 10.1. The van der Waals surface area contributed by atoms with Gasteiger partial charge < -0.3 is 9.64 Å². The summed E-state index contributed by atoms with van der Waals surface area (Å²) in [6.07, 6.45) is -5.13. The van der Waals surface area contributed by atoms with Crippen molar-refractivity contribution in [3.05, 3.63) is 51.3 Å². The first-order valence-corrected chi connectivity index (χ1v) is 10.9. The van der Waals surface area contributed by atoms with Gasteiger partial charge in [-0.15, -0.1) is 0 Å². The predicted molar refractivity (Wildman–Crippen MR) is 115 cm³/mol. The summed E-state index contributed by atoms with van der Waals surface area (Å²) in [7, 11) is 0. The lowest BCUT2D eigenvalue weighted by molar-refractivity contribution is -0.161. The van der Waals surface area contributed by atoms with Gasteiger partial charge in [0, 0.05) is 36.6 Å². The van der Waals surface area contributed by atoms with Crippen LogP contribution in [0.3, 0.4) is 0 Å². The molecule has 1 atom stereocenters. The fraction of sp³-hybridized carbons (Fsp3) is 0.409. The first-order chi connectivity index (χ1) is 15.7. The van der Waals surface area contributed by atoms with Crippen LogP contribution in [0.4, 0.5) is 23.4 Å². The van der Waals surface area contributed by atoms with Crippen LogP contribution in [0, 0.1) is 5.82 Å². The van der Waals surface area contributed by atoms with Crippen LogP contribution in [-0.4, -0.2) is 46.5 Å². The molecular weight excluding hydrogens is 464 g/mol. The Morgan fingerprint density at radius 2 is 2.00 bits per heavy atom. The molecule has 0 N–H and O–H groups in total. The van der Waals surface area contributed by atoms with Crippen LogP contribution < -0.4 is 10.5 Å². The number of aromatic nitrogens is 3. The molecule has 6 nitrogen and oxygen atoms in total. The van der Waals surface area contributed by atoms with Gasteiger partial charge in [-0.2, -0.15) is 13.2 Å². The third-order valence-electron chi connectivity index (χ3n) is 5.90. The molecule has 1 fully saturated rings. The van der Waals surface area contributed by atoms with Crippen LogP contribution in [0.2, 0.25) is 5.02 Å². The van der Waals surface area contributed by atoms with Gasteiger partial charge in [-0.1, -0.05) is 11.6 Å². The van der Waals surface area contributed by atoms with E-state index in [4.69, 9.17) is 16.3 Å². The van der Waals surface area contributed by atoms with Gasteiger partial charge >= 0.3 is 6.18 Å². The van der Waals surface area contributed by atoms with Crippen molar-refractivity contribution >= 4 is 28.3 Å². The zero-order valence-corrected chi connectivity index (χ0v) is 18.1. The van der Waals surface area contributed by atoms with E-state index in [1.165, 1.54) is 18.2 Å². The number of benzene rings is 1. The van der Waals surface area contributed by atoms with Crippen molar-refractivity contribution in [3.63, 3.8) is 0 Å².